The highest BCUT2D eigenvalue weighted by molar-refractivity contribution is 8.00. The van der Waals surface area contributed by atoms with Gasteiger partial charge in [0.05, 0.1) is 11.4 Å². The zero-order chi connectivity index (χ0) is 14.8. The average Bonchev–Trinajstić information content (AvgIpc) is 2.90. The van der Waals surface area contributed by atoms with E-state index in [0.29, 0.717) is 21.9 Å². The van der Waals surface area contributed by atoms with Crippen LogP contribution in [-0.2, 0) is 4.79 Å². The van der Waals surface area contributed by atoms with Crippen LogP contribution in [0.5, 0.6) is 0 Å². The number of Topliss-reactive ketones (excluding diaryl/α,β-unsaturated/α-hetero) is 1. The van der Waals surface area contributed by atoms with Gasteiger partial charge in [0.1, 0.15) is 17.1 Å². The Morgan fingerprint density at radius 1 is 1.24 bits per heavy atom. The minimum absolute atomic E-state index is 0.0951. The number of rotatable bonds is 4. The van der Waals surface area contributed by atoms with E-state index in [1.807, 2.05) is 31.2 Å². The molecule has 0 spiro atoms. The Morgan fingerprint density at radius 2 is 2.00 bits per heavy atom. The fraction of sp³-hybridized carbons (Fsp3) is 0.214. The van der Waals surface area contributed by atoms with Crippen LogP contribution >= 0.6 is 11.8 Å². The highest BCUT2D eigenvalue weighted by atomic mass is 32.2. The highest BCUT2D eigenvalue weighted by Gasteiger charge is 2.13. The fourth-order valence-electron chi connectivity index (χ4n) is 1.86. The normalized spacial score (nSPS) is 11.0. The third-order valence-electron chi connectivity index (χ3n) is 2.89. The summed E-state index contributed by atoms with van der Waals surface area (Å²) in [6.07, 6.45) is 1.47. The average molecular weight is 299 g/mol. The van der Waals surface area contributed by atoms with E-state index in [9.17, 15) is 4.79 Å². The van der Waals surface area contributed by atoms with Crippen molar-refractivity contribution in [3.05, 3.63) is 36.2 Å². The van der Waals surface area contributed by atoms with Gasteiger partial charge in [-0.3, -0.25) is 4.79 Å². The van der Waals surface area contributed by atoms with E-state index in [0.717, 1.165) is 5.69 Å². The van der Waals surface area contributed by atoms with Crippen molar-refractivity contribution in [3.63, 3.8) is 0 Å². The Morgan fingerprint density at radius 3 is 2.71 bits per heavy atom. The first-order chi connectivity index (χ1) is 10.1. The number of hydrogen-bond donors (Lipinski definition) is 0. The maximum absolute atomic E-state index is 11.1. The first-order valence-corrected chi connectivity index (χ1v) is 7.39. The highest BCUT2D eigenvalue weighted by Crippen LogP contribution is 2.23. The second kappa shape index (κ2) is 5.61. The molecule has 3 aromatic rings. The number of aromatic nitrogens is 5. The molecule has 0 aliphatic heterocycles. The lowest BCUT2D eigenvalue weighted by Crippen LogP contribution is -1.98. The molecule has 0 unspecified atom stereocenters. The maximum Gasteiger partial charge on any atom is 0.187 e. The van der Waals surface area contributed by atoms with Gasteiger partial charge in [-0.05, 0) is 26.0 Å². The van der Waals surface area contributed by atoms with Crippen molar-refractivity contribution in [1.82, 2.24) is 25.0 Å². The van der Waals surface area contributed by atoms with Crippen LogP contribution in [0, 0.1) is 6.92 Å². The molecule has 0 bridgehead atoms. The quantitative estimate of drug-likeness (QED) is 0.543. The first kappa shape index (κ1) is 13.7. The summed E-state index contributed by atoms with van der Waals surface area (Å²) in [7, 11) is 0. The predicted molar refractivity (Wildman–Crippen MR) is 80.6 cm³/mol. The maximum atomic E-state index is 11.1. The number of benzene rings is 1. The van der Waals surface area contributed by atoms with Crippen LogP contribution in [0.2, 0.25) is 0 Å². The van der Waals surface area contributed by atoms with Crippen LogP contribution < -0.4 is 0 Å². The van der Waals surface area contributed by atoms with Crippen molar-refractivity contribution < 1.29 is 4.79 Å². The van der Waals surface area contributed by atoms with Crippen LogP contribution in [0.15, 0.2) is 35.6 Å². The van der Waals surface area contributed by atoms with E-state index >= 15 is 0 Å². The second-order valence-electron chi connectivity index (χ2n) is 4.68. The van der Waals surface area contributed by atoms with E-state index in [1.165, 1.54) is 23.7 Å². The molecule has 0 aliphatic rings. The summed E-state index contributed by atoms with van der Waals surface area (Å²) in [6, 6.07) is 7.95. The number of carbonyl (C=O) groups excluding carboxylic acids is 1. The molecule has 2 heterocycles. The summed E-state index contributed by atoms with van der Waals surface area (Å²) < 4.78 is 1.67. The molecular formula is C14H13N5OS. The summed E-state index contributed by atoms with van der Waals surface area (Å²) in [4.78, 5) is 19.5. The molecule has 1 aromatic carbocycles. The van der Waals surface area contributed by atoms with Crippen molar-refractivity contribution in [2.24, 2.45) is 0 Å². The molecule has 6 nitrogen and oxygen atoms in total. The van der Waals surface area contributed by atoms with Crippen LogP contribution in [-0.4, -0.2) is 36.5 Å². The largest absolute Gasteiger partial charge is 0.299 e. The molecule has 0 amide bonds. The molecule has 0 saturated carbocycles. The number of carbonyl (C=O) groups is 1. The van der Waals surface area contributed by atoms with Crippen molar-refractivity contribution in [3.8, 4) is 5.69 Å². The molecule has 7 heteroatoms. The Labute approximate surface area is 125 Å². The zero-order valence-corrected chi connectivity index (χ0v) is 12.5. The minimum Gasteiger partial charge on any atom is -0.299 e. The lowest BCUT2D eigenvalue weighted by atomic mass is 10.2. The monoisotopic (exact) mass is 299 g/mol. The van der Waals surface area contributed by atoms with Gasteiger partial charge in [-0.1, -0.05) is 34.7 Å². The SMILES string of the molecule is CC(=O)CSc1ncnc2c1nnn2-c1ccc(C)cc1. The topological polar surface area (TPSA) is 73.6 Å². The Hall–Kier alpha value is -2.28. The van der Waals surface area contributed by atoms with E-state index < -0.39 is 0 Å². The van der Waals surface area contributed by atoms with E-state index in [1.54, 1.807) is 11.6 Å². The molecule has 21 heavy (non-hydrogen) atoms. The molecule has 2 aromatic heterocycles. The van der Waals surface area contributed by atoms with Crippen LogP contribution in [0.1, 0.15) is 12.5 Å². The summed E-state index contributed by atoms with van der Waals surface area (Å²) in [5.74, 6) is 0.460. The number of ketones is 1. The summed E-state index contributed by atoms with van der Waals surface area (Å²) in [5.41, 5.74) is 3.32. The van der Waals surface area contributed by atoms with Crippen molar-refractivity contribution in [2.45, 2.75) is 18.9 Å². The van der Waals surface area contributed by atoms with Gasteiger partial charge in [-0.2, -0.15) is 4.68 Å². The van der Waals surface area contributed by atoms with Gasteiger partial charge in [-0.25, -0.2) is 9.97 Å². The molecule has 0 atom stereocenters. The Kier molecular flexibility index (Phi) is 3.66. The summed E-state index contributed by atoms with van der Waals surface area (Å²) in [6.45, 7) is 3.58. The van der Waals surface area contributed by atoms with Gasteiger partial charge in [0.2, 0.25) is 0 Å². The zero-order valence-electron chi connectivity index (χ0n) is 11.6. The third-order valence-corrected chi connectivity index (χ3v) is 4.02. The van der Waals surface area contributed by atoms with Gasteiger partial charge in [0.25, 0.3) is 0 Å². The van der Waals surface area contributed by atoms with Crippen molar-refractivity contribution in [2.75, 3.05) is 5.75 Å². The molecule has 0 fully saturated rings. The fourth-order valence-corrected chi connectivity index (χ4v) is 2.59. The van der Waals surface area contributed by atoms with Gasteiger partial charge in [-0.15, -0.1) is 5.10 Å². The lowest BCUT2D eigenvalue weighted by Gasteiger charge is -2.02. The third kappa shape index (κ3) is 2.78. The molecule has 0 radical (unpaired) electrons. The minimum atomic E-state index is 0.0951. The summed E-state index contributed by atoms with van der Waals surface area (Å²) >= 11 is 1.35. The number of nitrogens with zero attached hydrogens (tertiary/aromatic N) is 5. The summed E-state index contributed by atoms with van der Waals surface area (Å²) in [5, 5.41) is 8.97. The van der Waals surface area contributed by atoms with Crippen molar-refractivity contribution >= 4 is 28.7 Å². The van der Waals surface area contributed by atoms with E-state index in [2.05, 4.69) is 20.3 Å². The van der Waals surface area contributed by atoms with Gasteiger partial charge in [0, 0.05) is 0 Å². The molecule has 0 saturated heterocycles. The lowest BCUT2D eigenvalue weighted by molar-refractivity contribution is -0.114. The molecular weight excluding hydrogens is 286 g/mol. The Balaban J connectivity index is 2.04. The number of hydrogen-bond acceptors (Lipinski definition) is 6. The van der Waals surface area contributed by atoms with E-state index in [4.69, 9.17) is 0 Å². The van der Waals surface area contributed by atoms with Gasteiger partial charge >= 0.3 is 0 Å². The number of thioether (sulfide) groups is 1. The van der Waals surface area contributed by atoms with Crippen molar-refractivity contribution in [1.29, 1.82) is 0 Å². The van der Waals surface area contributed by atoms with Crippen LogP contribution in [0.25, 0.3) is 16.9 Å². The van der Waals surface area contributed by atoms with Gasteiger partial charge in [0.15, 0.2) is 11.2 Å². The second-order valence-corrected chi connectivity index (χ2v) is 5.64. The number of aryl methyl sites for hydroxylation is 1. The first-order valence-electron chi connectivity index (χ1n) is 6.41. The van der Waals surface area contributed by atoms with Gasteiger partial charge < -0.3 is 0 Å². The smallest absolute Gasteiger partial charge is 0.187 e. The van der Waals surface area contributed by atoms with Crippen LogP contribution in [0.4, 0.5) is 0 Å². The molecule has 0 N–H and O–H groups in total. The predicted octanol–water partition coefficient (Wildman–Crippen LogP) is 2.20. The van der Waals surface area contributed by atoms with Crippen LogP contribution in [0.3, 0.4) is 0 Å². The molecule has 106 valence electrons. The Bertz CT molecular complexity index is 797. The number of fused-ring (bicyclic) bond motifs is 1. The standard InChI is InChI=1S/C14H13N5OS/c1-9-3-5-11(6-4-9)19-13-12(17-18-19)14(16-8-15-13)21-7-10(2)20/h3-6,8H,7H2,1-2H3. The molecule has 0 aliphatic carbocycles. The van der Waals surface area contributed by atoms with E-state index in [-0.39, 0.29) is 5.78 Å². The molecule has 3 rings (SSSR count).